The van der Waals surface area contributed by atoms with E-state index in [1.165, 1.54) is 0 Å². The number of rotatable bonds is 5. The molecule has 21 heavy (non-hydrogen) atoms. The predicted molar refractivity (Wildman–Crippen MR) is 79.0 cm³/mol. The highest BCUT2D eigenvalue weighted by atomic mass is 16.5. The number of carbonyl (C=O) groups excluding carboxylic acids is 2. The van der Waals surface area contributed by atoms with Crippen molar-refractivity contribution in [3.05, 3.63) is 59.9 Å². The Hall–Kier alpha value is -2.69. The van der Waals surface area contributed by atoms with Crippen LogP contribution >= 0.6 is 0 Å². The number of hydrogen-bond donors (Lipinski definition) is 1. The van der Waals surface area contributed by atoms with Gasteiger partial charge < -0.3 is 10.1 Å². The predicted octanol–water partition coefficient (Wildman–Crippen LogP) is 2.44. The molecule has 2 aromatic rings. The first kappa shape index (κ1) is 14.7. The van der Waals surface area contributed by atoms with E-state index in [0.29, 0.717) is 11.3 Å². The minimum Gasteiger partial charge on any atom is -0.462 e. The number of benzene rings is 1. The number of amides is 1. The molecule has 0 fully saturated rings. The summed E-state index contributed by atoms with van der Waals surface area (Å²) < 4.78 is 4.97. The fourth-order valence-electron chi connectivity index (χ4n) is 1.86. The topological polar surface area (TPSA) is 68.3 Å². The summed E-state index contributed by atoms with van der Waals surface area (Å²) in [5.74, 6) is -0.658. The first-order valence-corrected chi connectivity index (χ1v) is 6.65. The number of anilines is 1. The molecule has 0 saturated heterocycles. The average Bonchev–Trinajstić information content (AvgIpc) is 2.49. The molecule has 1 heterocycles. The van der Waals surface area contributed by atoms with Crippen LogP contribution in [0.5, 0.6) is 0 Å². The molecule has 0 aliphatic rings. The molecule has 5 heteroatoms. The van der Waals surface area contributed by atoms with Crippen molar-refractivity contribution < 1.29 is 14.3 Å². The zero-order valence-corrected chi connectivity index (χ0v) is 11.7. The normalized spacial score (nSPS) is 9.95. The molecule has 2 rings (SSSR count). The van der Waals surface area contributed by atoms with Crippen molar-refractivity contribution in [2.24, 2.45) is 0 Å². The van der Waals surface area contributed by atoms with Crippen molar-refractivity contribution in [1.29, 1.82) is 0 Å². The molecule has 0 atom stereocenters. The highest BCUT2D eigenvalue weighted by molar-refractivity contribution is 6.01. The van der Waals surface area contributed by atoms with Gasteiger partial charge in [0.25, 0.3) is 0 Å². The van der Waals surface area contributed by atoms with Crippen molar-refractivity contribution in [3.8, 4) is 0 Å². The molecule has 1 aromatic carbocycles. The van der Waals surface area contributed by atoms with E-state index >= 15 is 0 Å². The number of para-hydroxylation sites is 1. The fraction of sp³-hybridized carbons (Fsp3) is 0.188. The molecule has 0 bridgehead atoms. The monoisotopic (exact) mass is 284 g/mol. The van der Waals surface area contributed by atoms with Gasteiger partial charge >= 0.3 is 5.97 Å². The standard InChI is InChI=1S/C16H16N2O3/c1-2-21-16(20)13-7-3-4-8-14(13)18-15(19)10-12-6-5-9-17-11-12/h3-9,11H,2,10H2,1H3,(H,18,19). The van der Waals surface area contributed by atoms with Crippen molar-refractivity contribution in [3.63, 3.8) is 0 Å². The van der Waals surface area contributed by atoms with Crippen LogP contribution in [0.4, 0.5) is 5.69 Å². The summed E-state index contributed by atoms with van der Waals surface area (Å²) in [6, 6.07) is 10.4. The molecule has 108 valence electrons. The van der Waals surface area contributed by atoms with Crippen LogP contribution < -0.4 is 5.32 Å². The molecule has 1 amide bonds. The maximum atomic E-state index is 12.0. The first-order valence-electron chi connectivity index (χ1n) is 6.65. The Morgan fingerprint density at radius 2 is 2.00 bits per heavy atom. The Bertz CT molecular complexity index is 626. The van der Waals surface area contributed by atoms with Crippen LogP contribution in [0.2, 0.25) is 0 Å². The zero-order chi connectivity index (χ0) is 15.1. The first-order chi connectivity index (χ1) is 10.2. The van der Waals surface area contributed by atoms with E-state index in [9.17, 15) is 9.59 Å². The fourth-order valence-corrected chi connectivity index (χ4v) is 1.86. The molecule has 5 nitrogen and oxygen atoms in total. The average molecular weight is 284 g/mol. The molecule has 0 aliphatic heterocycles. The summed E-state index contributed by atoms with van der Waals surface area (Å²) in [5.41, 5.74) is 1.60. The highest BCUT2D eigenvalue weighted by Crippen LogP contribution is 2.16. The van der Waals surface area contributed by atoms with E-state index in [1.54, 1.807) is 49.6 Å². The summed E-state index contributed by atoms with van der Waals surface area (Å²) in [7, 11) is 0. The van der Waals surface area contributed by atoms with Gasteiger partial charge in [-0.2, -0.15) is 0 Å². The number of pyridine rings is 1. The van der Waals surface area contributed by atoms with Crippen molar-refractivity contribution in [1.82, 2.24) is 4.98 Å². The van der Waals surface area contributed by atoms with Gasteiger partial charge in [0.05, 0.1) is 24.3 Å². The lowest BCUT2D eigenvalue weighted by molar-refractivity contribution is -0.115. The van der Waals surface area contributed by atoms with Gasteiger partial charge in [-0.25, -0.2) is 4.79 Å². The Labute approximate surface area is 123 Å². The van der Waals surface area contributed by atoms with Crippen molar-refractivity contribution in [2.45, 2.75) is 13.3 Å². The smallest absolute Gasteiger partial charge is 0.340 e. The van der Waals surface area contributed by atoms with Gasteiger partial charge in [-0.3, -0.25) is 9.78 Å². The second kappa shape index (κ2) is 7.19. The van der Waals surface area contributed by atoms with E-state index in [4.69, 9.17) is 4.74 Å². The number of hydrogen-bond acceptors (Lipinski definition) is 4. The van der Waals surface area contributed by atoms with Gasteiger partial charge in [-0.05, 0) is 30.7 Å². The Balaban J connectivity index is 2.09. The van der Waals surface area contributed by atoms with E-state index < -0.39 is 5.97 Å². The molecule has 0 saturated carbocycles. The van der Waals surface area contributed by atoms with Crippen LogP contribution in [0.15, 0.2) is 48.8 Å². The number of aromatic nitrogens is 1. The van der Waals surface area contributed by atoms with Gasteiger partial charge in [-0.15, -0.1) is 0 Å². The molecule has 1 aromatic heterocycles. The number of nitrogens with zero attached hydrogens (tertiary/aromatic N) is 1. The van der Waals surface area contributed by atoms with Gasteiger partial charge in [-0.1, -0.05) is 18.2 Å². The van der Waals surface area contributed by atoms with Crippen LogP contribution in [0.3, 0.4) is 0 Å². The van der Waals surface area contributed by atoms with Gasteiger partial charge in [0.2, 0.25) is 5.91 Å². The summed E-state index contributed by atoms with van der Waals surface area (Å²) in [6.45, 7) is 2.03. The molecule has 0 radical (unpaired) electrons. The Morgan fingerprint density at radius 1 is 1.19 bits per heavy atom. The van der Waals surface area contributed by atoms with Crippen molar-refractivity contribution >= 4 is 17.6 Å². The Kier molecular flexibility index (Phi) is 5.04. The molecular weight excluding hydrogens is 268 g/mol. The third-order valence-electron chi connectivity index (χ3n) is 2.78. The SMILES string of the molecule is CCOC(=O)c1ccccc1NC(=O)Cc1cccnc1. The van der Waals surface area contributed by atoms with Gasteiger partial charge in [0.1, 0.15) is 0 Å². The summed E-state index contributed by atoms with van der Waals surface area (Å²) in [4.78, 5) is 27.8. The quantitative estimate of drug-likeness (QED) is 0.856. The Morgan fingerprint density at radius 3 is 2.71 bits per heavy atom. The van der Waals surface area contributed by atoms with Crippen molar-refractivity contribution in [2.75, 3.05) is 11.9 Å². The summed E-state index contributed by atoms with van der Waals surface area (Å²) in [6.07, 6.45) is 3.49. The molecular formula is C16H16N2O3. The van der Waals surface area contributed by atoms with E-state index in [2.05, 4.69) is 10.3 Å². The number of ether oxygens (including phenoxy) is 1. The highest BCUT2D eigenvalue weighted by Gasteiger charge is 2.14. The van der Waals surface area contributed by atoms with Crippen LogP contribution in [0.1, 0.15) is 22.8 Å². The lowest BCUT2D eigenvalue weighted by Gasteiger charge is -2.10. The number of esters is 1. The summed E-state index contributed by atoms with van der Waals surface area (Å²) >= 11 is 0. The molecule has 0 spiro atoms. The van der Waals surface area contributed by atoms with Gasteiger partial charge in [0.15, 0.2) is 0 Å². The maximum Gasteiger partial charge on any atom is 0.340 e. The third-order valence-corrected chi connectivity index (χ3v) is 2.78. The third kappa shape index (κ3) is 4.14. The van der Waals surface area contributed by atoms with E-state index in [-0.39, 0.29) is 18.9 Å². The minimum absolute atomic E-state index is 0.199. The molecule has 1 N–H and O–H groups in total. The summed E-state index contributed by atoms with van der Waals surface area (Å²) in [5, 5.41) is 2.73. The van der Waals surface area contributed by atoms with E-state index in [1.807, 2.05) is 6.07 Å². The second-order valence-electron chi connectivity index (χ2n) is 4.35. The number of nitrogens with one attached hydrogen (secondary N) is 1. The van der Waals surface area contributed by atoms with Crippen LogP contribution in [-0.4, -0.2) is 23.5 Å². The largest absolute Gasteiger partial charge is 0.462 e. The maximum absolute atomic E-state index is 12.0. The molecule has 0 aliphatic carbocycles. The van der Waals surface area contributed by atoms with Crippen LogP contribution in [0.25, 0.3) is 0 Å². The van der Waals surface area contributed by atoms with Crippen LogP contribution in [-0.2, 0) is 16.0 Å². The second-order valence-corrected chi connectivity index (χ2v) is 4.35. The number of carbonyl (C=O) groups is 2. The lowest BCUT2D eigenvalue weighted by atomic mass is 10.1. The molecule has 0 unspecified atom stereocenters. The van der Waals surface area contributed by atoms with E-state index in [0.717, 1.165) is 5.56 Å². The zero-order valence-electron chi connectivity index (χ0n) is 11.7. The minimum atomic E-state index is -0.449. The van der Waals surface area contributed by atoms with Gasteiger partial charge in [0, 0.05) is 12.4 Å². The lowest BCUT2D eigenvalue weighted by Crippen LogP contribution is -2.17. The van der Waals surface area contributed by atoms with Crippen LogP contribution in [0, 0.1) is 0 Å².